The topological polar surface area (TPSA) is 78.0 Å². The smallest absolute Gasteiger partial charge is 0.358 e. The summed E-state index contributed by atoms with van der Waals surface area (Å²) in [5.41, 5.74) is 1.46. The van der Waals surface area contributed by atoms with Gasteiger partial charge in [-0.1, -0.05) is 24.3 Å². The Hall–Kier alpha value is -2.02. The van der Waals surface area contributed by atoms with Crippen molar-refractivity contribution in [1.29, 1.82) is 0 Å². The van der Waals surface area contributed by atoms with E-state index >= 15 is 0 Å². The van der Waals surface area contributed by atoms with Crippen LogP contribution in [0.3, 0.4) is 0 Å². The first-order valence-corrected chi connectivity index (χ1v) is 6.24. The van der Waals surface area contributed by atoms with Crippen LogP contribution in [0.4, 0.5) is 5.82 Å². The molecule has 6 nitrogen and oxygen atoms in total. The van der Waals surface area contributed by atoms with Crippen molar-refractivity contribution in [3.05, 3.63) is 56.2 Å². The van der Waals surface area contributed by atoms with Crippen molar-refractivity contribution in [3.8, 4) is 0 Å². The van der Waals surface area contributed by atoms with Crippen molar-refractivity contribution < 1.29 is 9.72 Å². The van der Waals surface area contributed by atoms with Gasteiger partial charge in [0, 0.05) is 5.56 Å². The summed E-state index contributed by atoms with van der Waals surface area (Å²) in [6.45, 7) is 1.81. The second-order valence-corrected chi connectivity index (χ2v) is 4.85. The number of Topliss-reactive ketones (excluding diaryl/α,β-unsaturated/α-hetero) is 1. The minimum Gasteiger partial charge on any atom is -0.358 e. The molecule has 7 heteroatoms. The van der Waals surface area contributed by atoms with Gasteiger partial charge in [-0.3, -0.25) is 4.79 Å². The maximum absolute atomic E-state index is 12.1. The zero-order valence-electron chi connectivity index (χ0n) is 10.0. The average Bonchev–Trinajstić information content (AvgIpc) is 2.70. The van der Waals surface area contributed by atoms with Gasteiger partial charge in [-0.2, -0.15) is 4.68 Å². The number of ketones is 1. The molecule has 0 aliphatic heterocycles. The normalized spacial score (nSPS) is 10.4. The summed E-state index contributed by atoms with van der Waals surface area (Å²) in [4.78, 5) is 22.1. The zero-order valence-corrected chi connectivity index (χ0v) is 11.6. The van der Waals surface area contributed by atoms with E-state index in [0.29, 0.717) is 5.56 Å². The van der Waals surface area contributed by atoms with Gasteiger partial charge in [-0.05, 0) is 33.3 Å². The quantitative estimate of drug-likeness (QED) is 0.492. The molecule has 1 aromatic heterocycles. The van der Waals surface area contributed by atoms with Gasteiger partial charge in [0.2, 0.25) is 0 Å². The Morgan fingerprint density at radius 2 is 2.16 bits per heavy atom. The summed E-state index contributed by atoms with van der Waals surface area (Å²) in [6, 6.07) is 7.20. The van der Waals surface area contributed by atoms with Crippen LogP contribution >= 0.6 is 15.9 Å². The number of nitro groups is 1. The van der Waals surface area contributed by atoms with E-state index in [-0.39, 0.29) is 22.6 Å². The second kappa shape index (κ2) is 5.31. The number of halogens is 1. The van der Waals surface area contributed by atoms with Gasteiger partial charge < -0.3 is 10.1 Å². The summed E-state index contributed by atoms with van der Waals surface area (Å²) < 4.78 is 1.52. The summed E-state index contributed by atoms with van der Waals surface area (Å²) in [5, 5.41) is 14.4. The maximum atomic E-state index is 12.1. The predicted molar refractivity (Wildman–Crippen MR) is 72.1 cm³/mol. The van der Waals surface area contributed by atoms with Crippen molar-refractivity contribution in [2.45, 2.75) is 13.5 Å². The highest BCUT2D eigenvalue weighted by atomic mass is 79.9. The minimum atomic E-state index is -0.598. The van der Waals surface area contributed by atoms with Gasteiger partial charge in [-0.25, -0.2) is 0 Å². The van der Waals surface area contributed by atoms with Gasteiger partial charge in [0.15, 0.2) is 5.78 Å². The third kappa shape index (κ3) is 2.87. The van der Waals surface area contributed by atoms with Gasteiger partial charge in [0.25, 0.3) is 0 Å². The summed E-state index contributed by atoms with van der Waals surface area (Å²) in [7, 11) is 0. The lowest BCUT2D eigenvalue weighted by Crippen LogP contribution is -2.12. The van der Waals surface area contributed by atoms with Crippen LogP contribution in [0, 0.1) is 17.0 Å². The van der Waals surface area contributed by atoms with Crippen LogP contribution in [0.1, 0.15) is 15.9 Å². The van der Waals surface area contributed by atoms with Crippen LogP contribution in [-0.4, -0.2) is 20.5 Å². The van der Waals surface area contributed by atoms with Crippen molar-refractivity contribution in [1.82, 2.24) is 9.78 Å². The molecule has 0 atom stereocenters. The monoisotopic (exact) mass is 323 g/mol. The third-order valence-electron chi connectivity index (χ3n) is 2.62. The lowest BCUT2D eigenvalue weighted by atomic mass is 10.1. The molecule has 2 aromatic rings. The average molecular weight is 324 g/mol. The van der Waals surface area contributed by atoms with Crippen molar-refractivity contribution in [2.24, 2.45) is 0 Å². The van der Waals surface area contributed by atoms with E-state index in [0.717, 1.165) is 5.56 Å². The number of nitrogens with zero attached hydrogens (tertiary/aromatic N) is 3. The Morgan fingerprint density at radius 3 is 2.74 bits per heavy atom. The molecule has 0 aliphatic rings. The number of carbonyl (C=O) groups excluding carboxylic acids is 1. The third-order valence-corrected chi connectivity index (χ3v) is 3.18. The molecule has 2 rings (SSSR count). The van der Waals surface area contributed by atoms with Gasteiger partial charge in [0.1, 0.15) is 11.0 Å². The van der Waals surface area contributed by atoms with Crippen LogP contribution in [0.5, 0.6) is 0 Å². The fourth-order valence-corrected chi connectivity index (χ4v) is 2.17. The van der Waals surface area contributed by atoms with Crippen molar-refractivity contribution in [3.63, 3.8) is 0 Å². The van der Waals surface area contributed by atoms with Crippen LogP contribution in [0.25, 0.3) is 0 Å². The van der Waals surface area contributed by atoms with Crippen molar-refractivity contribution >= 4 is 27.5 Å². The number of benzene rings is 1. The zero-order chi connectivity index (χ0) is 14.0. The van der Waals surface area contributed by atoms with E-state index in [1.165, 1.54) is 10.9 Å². The lowest BCUT2D eigenvalue weighted by Gasteiger charge is -2.02. The highest BCUT2D eigenvalue weighted by molar-refractivity contribution is 9.10. The SMILES string of the molecule is Cc1ccccc1C(=O)Cn1cc(Br)c([N+](=O)[O-])n1. The lowest BCUT2D eigenvalue weighted by molar-refractivity contribution is -0.390. The maximum Gasteiger partial charge on any atom is 0.404 e. The first kappa shape index (κ1) is 13.4. The molecule has 0 saturated heterocycles. The fraction of sp³-hybridized carbons (Fsp3) is 0.167. The molecule has 1 aromatic carbocycles. The minimum absolute atomic E-state index is 0.0305. The number of hydrogen-bond acceptors (Lipinski definition) is 4. The molecule has 98 valence electrons. The second-order valence-electron chi connectivity index (χ2n) is 3.99. The summed E-state index contributed by atoms with van der Waals surface area (Å²) in [6.07, 6.45) is 1.42. The van der Waals surface area contributed by atoms with E-state index < -0.39 is 4.92 Å². The fourth-order valence-electron chi connectivity index (χ4n) is 1.71. The molecule has 0 bridgehead atoms. The molecule has 1 heterocycles. The van der Waals surface area contributed by atoms with Crippen molar-refractivity contribution in [2.75, 3.05) is 0 Å². The van der Waals surface area contributed by atoms with Crippen LogP contribution in [0.15, 0.2) is 34.9 Å². The van der Waals surface area contributed by atoms with E-state index in [2.05, 4.69) is 21.0 Å². The first-order chi connectivity index (χ1) is 8.99. The summed E-state index contributed by atoms with van der Waals surface area (Å²) in [5.74, 6) is -0.430. The first-order valence-electron chi connectivity index (χ1n) is 5.45. The van der Waals surface area contributed by atoms with Gasteiger partial charge in [0.05, 0.1) is 11.3 Å². The molecule has 0 fully saturated rings. The molecule has 19 heavy (non-hydrogen) atoms. The number of rotatable bonds is 4. The van der Waals surface area contributed by atoms with E-state index in [1.807, 2.05) is 19.1 Å². The van der Waals surface area contributed by atoms with Crippen LogP contribution < -0.4 is 0 Å². The largest absolute Gasteiger partial charge is 0.404 e. The molecule has 0 aliphatic carbocycles. The van der Waals surface area contributed by atoms with Crippen LogP contribution in [0.2, 0.25) is 0 Å². The Kier molecular flexibility index (Phi) is 3.75. The highest BCUT2D eigenvalue weighted by Crippen LogP contribution is 2.22. The van der Waals surface area contributed by atoms with Gasteiger partial charge >= 0.3 is 5.82 Å². The van der Waals surface area contributed by atoms with E-state index in [1.54, 1.807) is 12.1 Å². The molecule has 0 saturated carbocycles. The molecular weight excluding hydrogens is 314 g/mol. The highest BCUT2D eigenvalue weighted by Gasteiger charge is 2.20. The number of hydrogen-bond donors (Lipinski definition) is 0. The number of aromatic nitrogens is 2. The molecule has 0 spiro atoms. The Morgan fingerprint density at radius 1 is 1.47 bits per heavy atom. The van der Waals surface area contributed by atoms with Gasteiger partial charge in [-0.15, -0.1) is 0 Å². The Bertz CT molecular complexity index is 651. The molecular formula is C12H10BrN3O3. The number of carbonyl (C=O) groups is 1. The van der Waals surface area contributed by atoms with Crippen LogP contribution in [-0.2, 0) is 6.54 Å². The standard InChI is InChI=1S/C12H10BrN3O3/c1-8-4-2-3-5-9(8)11(17)7-15-6-10(13)12(14-15)16(18)19/h2-6H,7H2,1H3. The molecule has 0 N–H and O–H groups in total. The molecule has 0 unspecified atom stereocenters. The Labute approximate surface area is 117 Å². The summed E-state index contributed by atoms with van der Waals surface area (Å²) >= 11 is 3.04. The molecule has 0 radical (unpaired) electrons. The predicted octanol–water partition coefficient (Wildman–Crippen LogP) is 2.75. The Balaban J connectivity index is 2.22. The van der Waals surface area contributed by atoms with E-state index in [4.69, 9.17) is 0 Å². The molecule has 0 amide bonds. The number of aryl methyl sites for hydroxylation is 1. The van der Waals surface area contributed by atoms with E-state index in [9.17, 15) is 14.9 Å².